The number of nitrogens with zero attached hydrogens (tertiary/aromatic N) is 1. The third-order valence-corrected chi connectivity index (χ3v) is 4.52. The van der Waals surface area contributed by atoms with Crippen LogP contribution in [0.5, 0.6) is 11.5 Å². The molecule has 21 heavy (non-hydrogen) atoms. The fraction of sp³-hybridized carbons (Fsp3) is 0.588. The summed E-state index contributed by atoms with van der Waals surface area (Å²) in [4.78, 5) is 14.6. The lowest BCUT2D eigenvalue weighted by molar-refractivity contribution is -0.136. The van der Waals surface area contributed by atoms with Gasteiger partial charge in [0, 0.05) is 12.5 Å². The molecule has 0 aromatic heterocycles. The van der Waals surface area contributed by atoms with Crippen LogP contribution in [0.15, 0.2) is 18.2 Å². The number of hydrogen-bond acceptors (Lipinski definition) is 3. The van der Waals surface area contributed by atoms with Crippen LogP contribution in [0.2, 0.25) is 0 Å². The molecular formula is C17H23NO3. The highest BCUT2D eigenvalue weighted by Crippen LogP contribution is 2.38. The van der Waals surface area contributed by atoms with Crippen molar-refractivity contribution in [1.82, 2.24) is 4.90 Å². The maximum atomic E-state index is 12.5. The summed E-state index contributed by atoms with van der Waals surface area (Å²) in [6.45, 7) is 6.15. The molecule has 1 aromatic rings. The van der Waals surface area contributed by atoms with Crippen LogP contribution in [-0.2, 0) is 4.79 Å². The van der Waals surface area contributed by atoms with Crippen molar-refractivity contribution in [2.24, 2.45) is 5.92 Å². The highest BCUT2D eigenvalue weighted by molar-refractivity contribution is 5.79. The molecule has 2 heterocycles. The molecule has 1 saturated heterocycles. The van der Waals surface area contributed by atoms with Crippen LogP contribution in [0.4, 0.5) is 0 Å². The number of carbonyl (C=O) groups is 1. The molecule has 4 heteroatoms. The van der Waals surface area contributed by atoms with Gasteiger partial charge in [0.15, 0.2) is 11.5 Å². The first-order valence-corrected chi connectivity index (χ1v) is 7.90. The number of benzene rings is 1. The third kappa shape index (κ3) is 2.71. The molecule has 0 bridgehead atoms. The summed E-state index contributed by atoms with van der Waals surface area (Å²) in [5.74, 6) is 1.99. The Labute approximate surface area is 126 Å². The van der Waals surface area contributed by atoms with Crippen molar-refractivity contribution >= 4 is 5.91 Å². The van der Waals surface area contributed by atoms with E-state index in [-0.39, 0.29) is 17.9 Å². The number of rotatable bonds is 3. The van der Waals surface area contributed by atoms with E-state index in [1.165, 1.54) is 0 Å². The smallest absolute Gasteiger partial charge is 0.225 e. The molecule has 2 unspecified atom stereocenters. The van der Waals surface area contributed by atoms with Gasteiger partial charge in [-0.2, -0.15) is 0 Å². The monoisotopic (exact) mass is 289 g/mol. The molecular weight excluding hydrogens is 266 g/mol. The topological polar surface area (TPSA) is 38.8 Å². The summed E-state index contributed by atoms with van der Waals surface area (Å²) in [7, 11) is 0. The van der Waals surface area contributed by atoms with Crippen molar-refractivity contribution in [2.75, 3.05) is 19.8 Å². The summed E-state index contributed by atoms with van der Waals surface area (Å²) in [6, 6.07) is 6.26. The van der Waals surface area contributed by atoms with Crippen molar-refractivity contribution in [1.29, 1.82) is 0 Å². The highest BCUT2D eigenvalue weighted by atomic mass is 16.6. The van der Waals surface area contributed by atoms with Crippen LogP contribution in [0.1, 0.15) is 44.7 Å². The van der Waals surface area contributed by atoms with E-state index in [1.807, 2.05) is 24.0 Å². The molecule has 2 atom stereocenters. The molecule has 2 aliphatic heterocycles. The summed E-state index contributed by atoms with van der Waals surface area (Å²) in [6.07, 6.45) is 2.99. The molecule has 1 aromatic carbocycles. The lowest BCUT2D eigenvalue weighted by Crippen LogP contribution is -2.34. The van der Waals surface area contributed by atoms with Crippen molar-refractivity contribution in [3.05, 3.63) is 23.8 Å². The summed E-state index contributed by atoms with van der Waals surface area (Å²) >= 11 is 0. The third-order valence-electron chi connectivity index (χ3n) is 4.52. The molecule has 0 N–H and O–H groups in total. The SMILES string of the molecule is CCC(C)C(=O)N1CCCC1c1ccc2c(c1)OCCO2. The van der Waals surface area contributed by atoms with E-state index in [2.05, 4.69) is 13.0 Å². The van der Waals surface area contributed by atoms with Crippen LogP contribution in [0.25, 0.3) is 0 Å². The van der Waals surface area contributed by atoms with E-state index >= 15 is 0 Å². The lowest BCUT2D eigenvalue weighted by Gasteiger charge is -2.28. The maximum absolute atomic E-state index is 12.5. The summed E-state index contributed by atoms with van der Waals surface area (Å²) < 4.78 is 11.2. The molecule has 3 rings (SSSR count). The average Bonchev–Trinajstić information content (AvgIpc) is 3.02. The normalized spacial score (nSPS) is 22.2. The summed E-state index contributed by atoms with van der Waals surface area (Å²) in [5.41, 5.74) is 1.16. The summed E-state index contributed by atoms with van der Waals surface area (Å²) in [5, 5.41) is 0. The molecule has 2 aliphatic rings. The molecule has 0 spiro atoms. The first kappa shape index (κ1) is 14.2. The Morgan fingerprint density at radius 2 is 2.10 bits per heavy atom. The number of likely N-dealkylation sites (tertiary alicyclic amines) is 1. The molecule has 0 radical (unpaired) electrons. The molecule has 1 fully saturated rings. The van der Waals surface area contributed by atoms with Crippen LogP contribution in [0, 0.1) is 5.92 Å². The van der Waals surface area contributed by atoms with Crippen LogP contribution >= 0.6 is 0 Å². The Hall–Kier alpha value is -1.71. The van der Waals surface area contributed by atoms with Gasteiger partial charge in [0.1, 0.15) is 13.2 Å². The molecule has 4 nitrogen and oxygen atoms in total. The minimum absolute atomic E-state index is 0.0998. The van der Waals surface area contributed by atoms with Gasteiger partial charge in [-0.05, 0) is 37.0 Å². The second kappa shape index (κ2) is 5.96. The fourth-order valence-corrected chi connectivity index (χ4v) is 3.10. The fourth-order valence-electron chi connectivity index (χ4n) is 3.10. The highest BCUT2D eigenvalue weighted by Gasteiger charge is 2.32. The van der Waals surface area contributed by atoms with E-state index in [9.17, 15) is 4.79 Å². The van der Waals surface area contributed by atoms with E-state index in [0.717, 1.165) is 42.9 Å². The van der Waals surface area contributed by atoms with Crippen molar-refractivity contribution in [3.8, 4) is 11.5 Å². The standard InChI is InChI=1S/C17H23NO3/c1-3-12(2)17(19)18-8-4-5-14(18)13-6-7-15-16(11-13)21-10-9-20-15/h6-7,11-12,14H,3-5,8-10H2,1-2H3. The van der Waals surface area contributed by atoms with Gasteiger partial charge in [-0.3, -0.25) is 4.79 Å². The minimum atomic E-state index is 0.0998. The Kier molecular flexibility index (Phi) is 4.04. The molecule has 0 saturated carbocycles. The van der Waals surface area contributed by atoms with E-state index < -0.39 is 0 Å². The second-order valence-corrected chi connectivity index (χ2v) is 5.90. The molecule has 1 amide bonds. The lowest BCUT2D eigenvalue weighted by atomic mass is 10.0. The predicted octanol–water partition coefficient (Wildman–Crippen LogP) is 3.17. The molecule has 114 valence electrons. The van der Waals surface area contributed by atoms with Gasteiger partial charge in [-0.15, -0.1) is 0 Å². The predicted molar refractivity (Wildman–Crippen MR) is 80.6 cm³/mol. The number of carbonyl (C=O) groups excluding carboxylic acids is 1. The van der Waals surface area contributed by atoms with Crippen LogP contribution in [-0.4, -0.2) is 30.6 Å². The number of hydrogen-bond donors (Lipinski definition) is 0. The van der Waals surface area contributed by atoms with Gasteiger partial charge in [-0.1, -0.05) is 19.9 Å². The largest absolute Gasteiger partial charge is 0.486 e. The number of ether oxygens (including phenoxy) is 2. The molecule has 0 aliphatic carbocycles. The van der Waals surface area contributed by atoms with Gasteiger partial charge >= 0.3 is 0 Å². The number of fused-ring (bicyclic) bond motifs is 1. The minimum Gasteiger partial charge on any atom is -0.486 e. The van der Waals surface area contributed by atoms with Crippen molar-refractivity contribution in [2.45, 2.75) is 39.2 Å². The zero-order valence-electron chi connectivity index (χ0n) is 12.8. The van der Waals surface area contributed by atoms with Gasteiger partial charge in [0.05, 0.1) is 6.04 Å². The Bertz CT molecular complexity index is 529. The Balaban J connectivity index is 1.83. The van der Waals surface area contributed by atoms with Gasteiger partial charge in [-0.25, -0.2) is 0 Å². The van der Waals surface area contributed by atoms with Gasteiger partial charge in [0.25, 0.3) is 0 Å². The van der Waals surface area contributed by atoms with Crippen LogP contribution in [0.3, 0.4) is 0 Å². The first-order chi connectivity index (χ1) is 10.2. The van der Waals surface area contributed by atoms with Gasteiger partial charge < -0.3 is 14.4 Å². The van der Waals surface area contributed by atoms with Crippen LogP contribution < -0.4 is 9.47 Å². The number of amides is 1. The zero-order valence-corrected chi connectivity index (χ0v) is 12.8. The van der Waals surface area contributed by atoms with Crippen molar-refractivity contribution < 1.29 is 14.3 Å². The quantitative estimate of drug-likeness (QED) is 0.858. The van der Waals surface area contributed by atoms with E-state index in [1.54, 1.807) is 0 Å². The zero-order chi connectivity index (χ0) is 14.8. The van der Waals surface area contributed by atoms with Gasteiger partial charge in [0.2, 0.25) is 5.91 Å². The Morgan fingerprint density at radius 3 is 2.86 bits per heavy atom. The van der Waals surface area contributed by atoms with Crippen molar-refractivity contribution in [3.63, 3.8) is 0 Å². The average molecular weight is 289 g/mol. The maximum Gasteiger partial charge on any atom is 0.225 e. The first-order valence-electron chi connectivity index (χ1n) is 7.90. The second-order valence-electron chi connectivity index (χ2n) is 5.90. The van der Waals surface area contributed by atoms with E-state index in [0.29, 0.717) is 13.2 Å². The van der Waals surface area contributed by atoms with E-state index in [4.69, 9.17) is 9.47 Å². The Morgan fingerprint density at radius 1 is 1.33 bits per heavy atom.